The Kier molecular flexibility index (Phi) is 3.72. The number of nitrogens with one attached hydrogen (secondary N) is 1. The fraction of sp³-hybridized carbons (Fsp3) is 0.250. The molecule has 0 amide bonds. The summed E-state index contributed by atoms with van der Waals surface area (Å²) in [6.07, 6.45) is 1.13. The van der Waals surface area contributed by atoms with Crippen molar-refractivity contribution in [1.29, 1.82) is 0 Å². The Morgan fingerprint density at radius 1 is 1.21 bits per heavy atom. The van der Waals surface area contributed by atoms with Gasteiger partial charge < -0.3 is 5.32 Å². The highest BCUT2D eigenvalue weighted by molar-refractivity contribution is 7.99. The van der Waals surface area contributed by atoms with Gasteiger partial charge in [0.15, 0.2) is 0 Å². The second-order valence-electron chi connectivity index (χ2n) is 4.89. The lowest BCUT2D eigenvalue weighted by Gasteiger charge is -2.27. The fourth-order valence-electron chi connectivity index (χ4n) is 2.45. The molecule has 1 nitrogen and oxygen atoms in total. The van der Waals surface area contributed by atoms with Gasteiger partial charge in [0.25, 0.3) is 0 Å². The minimum Gasteiger partial charge on any atom is -0.378 e. The molecule has 1 N–H and O–H groups in total. The monoisotopic (exact) mass is 289 g/mol. The summed E-state index contributed by atoms with van der Waals surface area (Å²) in [5.74, 6) is 1.15. The standard InChI is InChI=1S/C16H16ClNS/c1-11-3-2-4-13(9-11)18-15-7-8-19-16-6-5-12(17)10-14(15)16/h2-6,9-10,15,18H,7-8H2,1H3. The predicted octanol–water partition coefficient (Wildman–Crippen LogP) is 5.30. The summed E-state index contributed by atoms with van der Waals surface area (Å²) in [5, 5.41) is 4.45. The van der Waals surface area contributed by atoms with Gasteiger partial charge in [-0.05, 0) is 54.8 Å². The molecule has 2 aromatic carbocycles. The summed E-state index contributed by atoms with van der Waals surface area (Å²) in [6, 6.07) is 15.1. The Morgan fingerprint density at radius 2 is 2.11 bits per heavy atom. The van der Waals surface area contributed by atoms with Crippen molar-refractivity contribution >= 4 is 29.1 Å². The molecule has 98 valence electrons. The van der Waals surface area contributed by atoms with E-state index in [9.17, 15) is 0 Å². The molecule has 1 unspecified atom stereocenters. The average molecular weight is 290 g/mol. The molecule has 1 heterocycles. The van der Waals surface area contributed by atoms with Crippen molar-refractivity contribution in [3.63, 3.8) is 0 Å². The highest BCUT2D eigenvalue weighted by Gasteiger charge is 2.20. The Labute approximate surface area is 123 Å². The molecule has 3 rings (SSSR count). The van der Waals surface area contributed by atoms with Crippen LogP contribution >= 0.6 is 23.4 Å². The summed E-state index contributed by atoms with van der Waals surface area (Å²) in [5.41, 5.74) is 3.79. The molecule has 0 radical (unpaired) electrons. The van der Waals surface area contributed by atoms with Crippen molar-refractivity contribution in [2.24, 2.45) is 0 Å². The van der Waals surface area contributed by atoms with Crippen LogP contribution in [0, 0.1) is 6.92 Å². The predicted molar refractivity (Wildman–Crippen MR) is 84.3 cm³/mol. The molecule has 0 aliphatic carbocycles. The van der Waals surface area contributed by atoms with Crippen molar-refractivity contribution in [1.82, 2.24) is 0 Å². The zero-order chi connectivity index (χ0) is 13.2. The number of thioether (sulfide) groups is 1. The minimum absolute atomic E-state index is 0.358. The number of benzene rings is 2. The Balaban J connectivity index is 1.89. The van der Waals surface area contributed by atoms with Gasteiger partial charge >= 0.3 is 0 Å². The molecule has 19 heavy (non-hydrogen) atoms. The van der Waals surface area contributed by atoms with Gasteiger partial charge in [-0.3, -0.25) is 0 Å². The van der Waals surface area contributed by atoms with Crippen LogP contribution in [0.25, 0.3) is 0 Å². The number of fused-ring (bicyclic) bond motifs is 1. The van der Waals surface area contributed by atoms with E-state index in [2.05, 4.69) is 48.6 Å². The van der Waals surface area contributed by atoms with Crippen LogP contribution in [-0.4, -0.2) is 5.75 Å². The molecule has 0 bridgehead atoms. The molecular weight excluding hydrogens is 274 g/mol. The average Bonchev–Trinajstić information content (AvgIpc) is 2.39. The zero-order valence-corrected chi connectivity index (χ0v) is 12.4. The third-order valence-electron chi connectivity index (χ3n) is 3.37. The topological polar surface area (TPSA) is 12.0 Å². The molecule has 0 spiro atoms. The van der Waals surface area contributed by atoms with Gasteiger partial charge in [0.1, 0.15) is 0 Å². The van der Waals surface area contributed by atoms with Crippen molar-refractivity contribution < 1.29 is 0 Å². The lowest BCUT2D eigenvalue weighted by Crippen LogP contribution is -2.16. The van der Waals surface area contributed by atoms with E-state index in [0.717, 1.165) is 17.2 Å². The van der Waals surface area contributed by atoms with Gasteiger partial charge in [-0.2, -0.15) is 0 Å². The van der Waals surface area contributed by atoms with Gasteiger partial charge in [-0.1, -0.05) is 23.7 Å². The van der Waals surface area contributed by atoms with Gasteiger partial charge in [-0.25, -0.2) is 0 Å². The molecule has 0 saturated heterocycles. The largest absolute Gasteiger partial charge is 0.378 e. The highest BCUT2D eigenvalue weighted by atomic mass is 35.5. The van der Waals surface area contributed by atoms with Gasteiger partial charge in [0.2, 0.25) is 0 Å². The van der Waals surface area contributed by atoms with Crippen molar-refractivity contribution in [3.05, 3.63) is 58.6 Å². The first kappa shape index (κ1) is 12.9. The van der Waals surface area contributed by atoms with E-state index in [0.29, 0.717) is 6.04 Å². The smallest absolute Gasteiger partial charge is 0.0533 e. The number of anilines is 1. The SMILES string of the molecule is Cc1cccc(NC2CCSc3ccc(Cl)cc32)c1. The highest BCUT2D eigenvalue weighted by Crippen LogP contribution is 2.39. The number of rotatable bonds is 2. The molecule has 1 atom stereocenters. The van der Waals surface area contributed by atoms with E-state index in [4.69, 9.17) is 11.6 Å². The van der Waals surface area contributed by atoms with E-state index < -0.39 is 0 Å². The quantitative estimate of drug-likeness (QED) is 0.805. The van der Waals surface area contributed by atoms with Gasteiger partial charge in [0.05, 0.1) is 6.04 Å². The minimum atomic E-state index is 0.358. The summed E-state index contributed by atoms with van der Waals surface area (Å²) in [7, 11) is 0. The first-order valence-corrected chi connectivity index (χ1v) is 7.84. The molecule has 1 aliphatic heterocycles. The van der Waals surface area contributed by atoms with E-state index in [1.807, 2.05) is 17.8 Å². The van der Waals surface area contributed by atoms with Crippen molar-refractivity contribution in [3.8, 4) is 0 Å². The molecule has 2 aromatic rings. The Hall–Kier alpha value is -1.12. The summed E-state index contributed by atoms with van der Waals surface area (Å²) >= 11 is 8.05. The van der Waals surface area contributed by atoms with Crippen LogP contribution < -0.4 is 5.32 Å². The molecular formula is C16H16ClNS. The number of hydrogen-bond donors (Lipinski definition) is 1. The third-order valence-corrected chi connectivity index (χ3v) is 4.73. The van der Waals surface area contributed by atoms with Gasteiger partial charge in [-0.15, -0.1) is 11.8 Å². The van der Waals surface area contributed by atoms with Crippen LogP contribution in [0.1, 0.15) is 23.6 Å². The first-order valence-electron chi connectivity index (χ1n) is 6.48. The van der Waals surface area contributed by atoms with Crippen LogP contribution in [-0.2, 0) is 0 Å². The molecule has 1 aliphatic rings. The summed E-state index contributed by atoms with van der Waals surface area (Å²) in [6.45, 7) is 2.12. The van der Waals surface area contributed by atoms with Crippen LogP contribution in [0.5, 0.6) is 0 Å². The molecule has 0 aromatic heterocycles. The third kappa shape index (κ3) is 2.90. The molecule has 0 fully saturated rings. The summed E-state index contributed by atoms with van der Waals surface area (Å²) in [4.78, 5) is 1.35. The van der Waals surface area contributed by atoms with E-state index >= 15 is 0 Å². The zero-order valence-electron chi connectivity index (χ0n) is 10.8. The Bertz CT molecular complexity index is 597. The fourth-order valence-corrected chi connectivity index (χ4v) is 3.74. The van der Waals surface area contributed by atoms with Crippen molar-refractivity contribution in [2.75, 3.05) is 11.1 Å². The van der Waals surface area contributed by atoms with Crippen molar-refractivity contribution in [2.45, 2.75) is 24.3 Å². The second-order valence-corrected chi connectivity index (χ2v) is 6.46. The van der Waals surface area contributed by atoms with Crippen LogP contribution in [0.3, 0.4) is 0 Å². The van der Waals surface area contributed by atoms with Gasteiger partial charge in [0, 0.05) is 21.4 Å². The Morgan fingerprint density at radius 3 is 2.95 bits per heavy atom. The van der Waals surface area contributed by atoms with Crippen LogP contribution in [0.2, 0.25) is 5.02 Å². The normalized spacial score (nSPS) is 17.9. The number of halogens is 1. The number of aryl methyl sites for hydroxylation is 1. The lowest BCUT2D eigenvalue weighted by atomic mass is 10.0. The molecule has 0 saturated carbocycles. The number of hydrogen-bond acceptors (Lipinski definition) is 2. The molecule has 3 heteroatoms. The first-order chi connectivity index (χ1) is 9.22. The van der Waals surface area contributed by atoms with Crippen LogP contribution in [0.15, 0.2) is 47.4 Å². The maximum absolute atomic E-state index is 6.13. The summed E-state index contributed by atoms with van der Waals surface area (Å²) < 4.78 is 0. The van der Waals surface area contributed by atoms with Crippen LogP contribution in [0.4, 0.5) is 5.69 Å². The lowest BCUT2D eigenvalue weighted by molar-refractivity contribution is 0.728. The van der Waals surface area contributed by atoms with E-state index in [1.54, 1.807) is 0 Å². The maximum atomic E-state index is 6.13. The van der Waals surface area contributed by atoms with E-state index in [1.165, 1.54) is 21.7 Å². The van der Waals surface area contributed by atoms with E-state index in [-0.39, 0.29) is 0 Å². The second kappa shape index (κ2) is 5.48. The maximum Gasteiger partial charge on any atom is 0.0533 e.